The first-order valence-corrected chi connectivity index (χ1v) is 15.0. The standard InChI is InChI=1S/C33H27N5O3S2/c1-22-21-42-33(35-22)38-32(41)29(24-11-4-2-5-12-24)43-27-16-8-15-26(19-27)36-31(40)28(18-23-10-9-17-34-20-23)37-30(39)25-13-6-3-7-14-25/h2-21,29H,1H3,(H,36,40)(H,37,39)(H,35,38,41)/b28-18-. The van der Waals surface area contributed by atoms with Crippen molar-refractivity contribution in [2.24, 2.45) is 0 Å². The maximum atomic E-state index is 13.5. The minimum atomic E-state index is -0.567. The molecule has 0 aliphatic heterocycles. The molecule has 5 aromatic rings. The Bertz CT molecular complexity index is 1740. The Kier molecular flexibility index (Phi) is 9.73. The number of amides is 3. The van der Waals surface area contributed by atoms with Crippen LogP contribution >= 0.6 is 23.1 Å². The lowest BCUT2D eigenvalue weighted by Gasteiger charge is -2.17. The Morgan fingerprint density at radius 1 is 0.884 bits per heavy atom. The molecule has 0 spiro atoms. The van der Waals surface area contributed by atoms with Gasteiger partial charge in [0.2, 0.25) is 5.91 Å². The Balaban J connectivity index is 1.36. The number of thioether (sulfide) groups is 1. The summed E-state index contributed by atoms with van der Waals surface area (Å²) in [6.45, 7) is 1.87. The highest BCUT2D eigenvalue weighted by atomic mass is 32.2. The lowest BCUT2D eigenvalue weighted by molar-refractivity contribution is -0.116. The summed E-state index contributed by atoms with van der Waals surface area (Å²) in [6, 6.07) is 28.9. The van der Waals surface area contributed by atoms with Crippen molar-refractivity contribution in [3.8, 4) is 0 Å². The van der Waals surface area contributed by atoms with E-state index in [1.807, 2.05) is 54.8 Å². The van der Waals surface area contributed by atoms with Gasteiger partial charge < -0.3 is 16.0 Å². The van der Waals surface area contributed by atoms with Crippen molar-refractivity contribution in [2.45, 2.75) is 17.1 Å². The molecule has 214 valence electrons. The van der Waals surface area contributed by atoms with Gasteiger partial charge in [0.15, 0.2) is 5.13 Å². The number of carbonyl (C=O) groups excluding carboxylic acids is 3. The van der Waals surface area contributed by atoms with Crippen molar-refractivity contribution in [2.75, 3.05) is 10.6 Å². The summed E-state index contributed by atoms with van der Waals surface area (Å²) in [6.07, 6.45) is 4.79. The van der Waals surface area contributed by atoms with Gasteiger partial charge in [-0.3, -0.25) is 19.4 Å². The number of thiazole rings is 1. The van der Waals surface area contributed by atoms with Crippen LogP contribution in [0, 0.1) is 6.92 Å². The molecule has 10 heteroatoms. The van der Waals surface area contributed by atoms with Gasteiger partial charge in [-0.2, -0.15) is 0 Å². The van der Waals surface area contributed by atoms with E-state index < -0.39 is 17.1 Å². The van der Waals surface area contributed by atoms with Crippen molar-refractivity contribution in [1.29, 1.82) is 0 Å². The number of nitrogens with zero attached hydrogens (tertiary/aromatic N) is 2. The van der Waals surface area contributed by atoms with Crippen LogP contribution in [-0.2, 0) is 9.59 Å². The fourth-order valence-corrected chi connectivity index (χ4v) is 5.81. The topological polar surface area (TPSA) is 113 Å². The van der Waals surface area contributed by atoms with Gasteiger partial charge in [0.05, 0.1) is 5.69 Å². The van der Waals surface area contributed by atoms with Crippen LogP contribution in [0.4, 0.5) is 10.8 Å². The summed E-state index contributed by atoms with van der Waals surface area (Å²) in [5.41, 5.74) is 3.30. The number of pyridine rings is 1. The van der Waals surface area contributed by atoms with Crippen LogP contribution in [-0.4, -0.2) is 27.7 Å². The number of carbonyl (C=O) groups is 3. The van der Waals surface area contributed by atoms with E-state index in [1.165, 1.54) is 23.1 Å². The first-order valence-electron chi connectivity index (χ1n) is 13.3. The summed E-state index contributed by atoms with van der Waals surface area (Å²) in [7, 11) is 0. The van der Waals surface area contributed by atoms with E-state index >= 15 is 0 Å². The van der Waals surface area contributed by atoms with Crippen molar-refractivity contribution >= 4 is 57.7 Å². The van der Waals surface area contributed by atoms with E-state index in [1.54, 1.807) is 73.1 Å². The van der Waals surface area contributed by atoms with Crippen molar-refractivity contribution in [3.05, 3.63) is 143 Å². The molecule has 0 saturated heterocycles. The van der Waals surface area contributed by atoms with Gasteiger partial charge in [-0.05, 0) is 60.5 Å². The molecule has 1 unspecified atom stereocenters. The molecule has 0 fully saturated rings. The van der Waals surface area contributed by atoms with Crippen LogP contribution < -0.4 is 16.0 Å². The molecule has 0 aliphatic rings. The van der Waals surface area contributed by atoms with Crippen molar-refractivity contribution in [1.82, 2.24) is 15.3 Å². The molecule has 3 aromatic carbocycles. The third-order valence-corrected chi connectivity index (χ3v) is 8.18. The zero-order valence-electron chi connectivity index (χ0n) is 23.1. The molecule has 1 atom stereocenters. The van der Waals surface area contributed by atoms with Crippen LogP contribution in [0.2, 0.25) is 0 Å². The van der Waals surface area contributed by atoms with Crippen LogP contribution in [0.25, 0.3) is 6.08 Å². The molecular weight excluding hydrogens is 579 g/mol. The Labute approximate surface area is 257 Å². The molecule has 3 N–H and O–H groups in total. The molecule has 2 heterocycles. The monoisotopic (exact) mass is 605 g/mol. The minimum absolute atomic E-state index is 0.0557. The largest absolute Gasteiger partial charge is 0.321 e. The lowest BCUT2D eigenvalue weighted by Crippen LogP contribution is -2.30. The predicted octanol–water partition coefficient (Wildman–Crippen LogP) is 6.73. The zero-order valence-corrected chi connectivity index (χ0v) is 24.7. The SMILES string of the molecule is Cc1csc(NC(=O)C(Sc2cccc(NC(=O)/C(=C/c3cccnc3)NC(=O)c3ccccc3)c2)c2ccccc2)n1. The Morgan fingerprint density at radius 3 is 2.35 bits per heavy atom. The van der Waals surface area contributed by atoms with E-state index in [0.29, 0.717) is 21.9 Å². The van der Waals surface area contributed by atoms with Gasteiger partial charge in [0.1, 0.15) is 10.9 Å². The second kappa shape index (κ2) is 14.2. The van der Waals surface area contributed by atoms with Crippen LogP contribution in [0.15, 0.2) is 125 Å². The predicted molar refractivity (Wildman–Crippen MR) is 172 cm³/mol. The van der Waals surface area contributed by atoms with Crippen molar-refractivity contribution < 1.29 is 14.4 Å². The van der Waals surface area contributed by atoms with Gasteiger partial charge in [0.25, 0.3) is 11.8 Å². The first-order chi connectivity index (χ1) is 20.9. The molecular formula is C33H27N5O3S2. The molecule has 0 radical (unpaired) electrons. The molecule has 3 amide bonds. The summed E-state index contributed by atoms with van der Waals surface area (Å²) >= 11 is 2.73. The number of rotatable bonds is 10. The first kappa shape index (κ1) is 29.4. The Morgan fingerprint density at radius 2 is 1.65 bits per heavy atom. The molecule has 5 rings (SSSR count). The maximum Gasteiger partial charge on any atom is 0.272 e. The molecule has 8 nitrogen and oxygen atoms in total. The highest BCUT2D eigenvalue weighted by Gasteiger charge is 2.23. The number of anilines is 2. The Hall–Kier alpha value is -5.06. The van der Waals surface area contributed by atoms with Gasteiger partial charge in [-0.15, -0.1) is 23.1 Å². The molecule has 43 heavy (non-hydrogen) atoms. The zero-order chi connectivity index (χ0) is 30.0. The number of aromatic nitrogens is 2. The average Bonchev–Trinajstić information content (AvgIpc) is 3.45. The van der Waals surface area contributed by atoms with Gasteiger partial charge in [-0.1, -0.05) is 60.7 Å². The fourth-order valence-electron chi connectivity index (χ4n) is 4.04. The second-order valence-corrected chi connectivity index (χ2v) is 11.4. The maximum absolute atomic E-state index is 13.5. The molecule has 0 saturated carbocycles. The normalized spacial score (nSPS) is 11.8. The van der Waals surface area contributed by atoms with Gasteiger partial charge >= 0.3 is 0 Å². The van der Waals surface area contributed by atoms with E-state index in [4.69, 9.17) is 0 Å². The van der Waals surface area contributed by atoms with E-state index in [9.17, 15) is 14.4 Å². The third-order valence-electron chi connectivity index (χ3n) is 6.06. The van der Waals surface area contributed by atoms with Crippen LogP contribution in [0.1, 0.15) is 32.4 Å². The van der Waals surface area contributed by atoms with Crippen LogP contribution in [0.3, 0.4) is 0 Å². The number of hydrogen-bond donors (Lipinski definition) is 3. The summed E-state index contributed by atoms with van der Waals surface area (Å²) in [5.74, 6) is -1.13. The van der Waals surface area contributed by atoms with E-state index in [2.05, 4.69) is 25.9 Å². The van der Waals surface area contributed by atoms with Crippen molar-refractivity contribution in [3.63, 3.8) is 0 Å². The molecule has 0 aliphatic carbocycles. The smallest absolute Gasteiger partial charge is 0.272 e. The minimum Gasteiger partial charge on any atom is -0.321 e. The second-order valence-electron chi connectivity index (χ2n) is 9.34. The van der Waals surface area contributed by atoms with E-state index in [0.717, 1.165) is 16.2 Å². The highest BCUT2D eigenvalue weighted by Crippen LogP contribution is 2.37. The number of hydrogen-bond acceptors (Lipinski definition) is 7. The summed E-state index contributed by atoms with van der Waals surface area (Å²) < 4.78 is 0. The van der Waals surface area contributed by atoms with Gasteiger partial charge in [-0.25, -0.2) is 4.98 Å². The number of benzene rings is 3. The lowest BCUT2D eigenvalue weighted by atomic mass is 10.1. The summed E-state index contributed by atoms with van der Waals surface area (Å²) in [4.78, 5) is 49.0. The molecule has 2 aromatic heterocycles. The van der Waals surface area contributed by atoms with Crippen LogP contribution in [0.5, 0.6) is 0 Å². The number of aryl methyl sites for hydroxylation is 1. The highest BCUT2D eigenvalue weighted by molar-refractivity contribution is 8.00. The average molecular weight is 606 g/mol. The third kappa shape index (κ3) is 8.25. The number of nitrogens with one attached hydrogen (secondary N) is 3. The molecule has 0 bridgehead atoms. The quantitative estimate of drug-likeness (QED) is 0.120. The fraction of sp³-hybridized carbons (Fsp3) is 0.0606. The van der Waals surface area contributed by atoms with Gasteiger partial charge in [0, 0.05) is 33.9 Å². The summed E-state index contributed by atoms with van der Waals surface area (Å²) in [5, 5.41) is 10.4. The van der Waals surface area contributed by atoms with E-state index in [-0.39, 0.29) is 11.6 Å².